The van der Waals surface area contributed by atoms with Crippen molar-refractivity contribution in [3.8, 4) is 0 Å². The van der Waals surface area contributed by atoms with E-state index in [1.165, 1.54) is 6.33 Å². The lowest BCUT2D eigenvalue weighted by Gasteiger charge is -2.32. The second-order valence-corrected chi connectivity index (χ2v) is 15.5. The summed E-state index contributed by atoms with van der Waals surface area (Å²) in [5, 5.41) is 9.31. The Labute approximate surface area is 283 Å². The minimum Gasteiger partial charge on any atom is -0.444 e. The quantitative estimate of drug-likeness (QED) is 0.238. The molecule has 1 aliphatic carbocycles. The molecule has 2 fully saturated rings. The van der Waals surface area contributed by atoms with E-state index in [1.54, 1.807) is 59.6 Å². The van der Waals surface area contributed by atoms with Crippen LogP contribution in [0.5, 0.6) is 0 Å². The first-order chi connectivity index (χ1) is 22.1. The number of benzene rings is 1. The molecule has 3 heterocycles. The summed E-state index contributed by atoms with van der Waals surface area (Å²) < 4.78 is 12.8. The molecule has 1 aliphatic heterocycles. The number of nitrogens with one attached hydrogen (secondary N) is 3. The SMILES string of the molecule is CCSc1c(Cl)ccc(N2CCC(NC(=O)OC(C)(C)C)(C(=O)NC3CC3)C2)c1Cn1cnc2c(NC(=O)OC(C)(C)C)ncnc21. The van der Waals surface area contributed by atoms with Gasteiger partial charge in [0.1, 0.15) is 23.1 Å². The molecule has 15 heteroatoms. The summed E-state index contributed by atoms with van der Waals surface area (Å²) >= 11 is 8.41. The third-order valence-electron chi connectivity index (χ3n) is 7.52. The maximum absolute atomic E-state index is 13.7. The average molecular weight is 687 g/mol. The molecule has 3 amide bonds. The van der Waals surface area contributed by atoms with Crippen LogP contribution in [0.2, 0.25) is 5.02 Å². The molecule has 1 saturated carbocycles. The van der Waals surface area contributed by atoms with E-state index in [9.17, 15) is 14.4 Å². The first-order valence-electron chi connectivity index (χ1n) is 15.7. The predicted molar refractivity (Wildman–Crippen MR) is 182 cm³/mol. The van der Waals surface area contributed by atoms with Crippen molar-refractivity contribution in [1.29, 1.82) is 0 Å². The van der Waals surface area contributed by atoms with Crippen molar-refractivity contribution in [2.75, 3.05) is 29.1 Å². The molecule has 254 valence electrons. The van der Waals surface area contributed by atoms with Gasteiger partial charge in [0, 0.05) is 28.7 Å². The molecule has 13 nitrogen and oxygen atoms in total. The maximum Gasteiger partial charge on any atom is 0.413 e. The van der Waals surface area contributed by atoms with Gasteiger partial charge in [-0.25, -0.2) is 24.5 Å². The summed E-state index contributed by atoms with van der Waals surface area (Å²) in [5.74, 6) is 0.798. The van der Waals surface area contributed by atoms with Crippen LogP contribution in [-0.2, 0) is 20.8 Å². The first kappa shape index (κ1) is 34.6. The number of alkyl carbamates (subject to hydrolysis) is 1. The molecule has 1 aromatic carbocycles. The van der Waals surface area contributed by atoms with Gasteiger partial charge in [0.05, 0.1) is 24.4 Å². The fourth-order valence-corrected chi connectivity index (χ4v) is 6.59. The number of fused-ring (bicyclic) bond motifs is 1. The number of carbonyl (C=O) groups excluding carboxylic acids is 3. The van der Waals surface area contributed by atoms with E-state index in [-0.39, 0.29) is 24.3 Å². The molecule has 0 spiro atoms. The van der Waals surface area contributed by atoms with Gasteiger partial charge in [-0.3, -0.25) is 10.1 Å². The zero-order valence-electron chi connectivity index (χ0n) is 27.9. The van der Waals surface area contributed by atoms with Crippen LogP contribution in [-0.4, -0.2) is 79.2 Å². The number of nitrogens with zero attached hydrogens (tertiary/aromatic N) is 5. The van der Waals surface area contributed by atoms with Crippen molar-refractivity contribution in [3.63, 3.8) is 0 Å². The van der Waals surface area contributed by atoms with Gasteiger partial charge in [0.25, 0.3) is 0 Å². The standard InChI is InChI=1S/C32H43ClN8O5S/c1-8-47-24-20(15-41-18-36-23-25(34-17-35-26(23)41)38-28(43)45-30(2,3)4)22(12-11-21(24)33)40-14-13-32(16-40,27(42)37-19-9-10-19)39-29(44)46-31(5,6)7/h11-12,17-19H,8-10,13-16H2,1-7H3,(H,37,42)(H,39,44)(H,34,35,38,43). The van der Waals surface area contributed by atoms with Crippen molar-refractivity contribution < 1.29 is 23.9 Å². The Morgan fingerprint density at radius 3 is 2.40 bits per heavy atom. The molecular formula is C32H43ClN8O5S. The highest BCUT2D eigenvalue weighted by Crippen LogP contribution is 2.40. The number of hydrogen-bond acceptors (Lipinski definition) is 10. The Bertz CT molecular complexity index is 1670. The number of imidazole rings is 1. The van der Waals surface area contributed by atoms with Crippen LogP contribution in [0.3, 0.4) is 0 Å². The molecule has 2 aliphatic rings. The minimum absolute atomic E-state index is 0.124. The van der Waals surface area contributed by atoms with E-state index in [0.717, 1.165) is 34.7 Å². The number of hydrogen-bond donors (Lipinski definition) is 3. The van der Waals surface area contributed by atoms with Gasteiger partial charge in [-0.1, -0.05) is 18.5 Å². The molecule has 47 heavy (non-hydrogen) atoms. The van der Waals surface area contributed by atoms with Crippen LogP contribution in [0.4, 0.5) is 21.1 Å². The summed E-state index contributed by atoms with van der Waals surface area (Å²) in [6.45, 7) is 13.9. The molecule has 1 unspecified atom stereocenters. The van der Waals surface area contributed by atoms with Crippen LogP contribution in [0.25, 0.3) is 11.2 Å². The normalized spacial score (nSPS) is 18.3. The van der Waals surface area contributed by atoms with Crippen LogP contribution >= 0.6 is 23.4 Å². The van der Waals surface area contributed by atoms with Crippen molar-refractivity contribution in [3.05, 3.63) is 35.4 Å². The Morgan fingerprint density at radius 2 is 1.74 bits per heavy atom. The second kappa shape index (κ2) is 13.4. The van der Waals surface area contributed by atoms with E-state index < -0.39 is 28.9 Å². The highest BCUT2D eigenvalue weighted by Gasteiger charge is 2.48. The van der Waals surface area contributed by atoms with Gasteiger partial charge < -0.3 is 29.6 Å². The number of carbonyl (C=O) groups is 3. The number of halogens is 1. The van der Waals surface area contributed by atoms with Crippen LogP contribution in [0, 0.1) is 0 Å². The minimum atomic E-state index is -1.18. The Balaban J connectivity index is 1.48. The monoisotopic (exact) mass is 686 g/mol. The topological polar surface area (TPSA) is 153 Å². The first-order valence-corrected chi connectivity index (χ1v) is 17.1. The average Bonchev–Trinajstić information content (AvgIpc) is 3.51. The number of thioether (sulfide) groups is 1. The number of amides is 3. The molecule has 1 saturated heterocycles. The molecule has 1 atom stereocenters. The molecule has 0 radical (unpaired) electrons. The highest BCUT2D eigenvalue weighted by atomic mass is 35.5. The van der Waals surface area contributed by atoms with Crippen molar-refractivity contribution in [2.45, 2.75) is 102 Å². The number of rotatable bonds is 9. The van der Waals surface area contributed by atoms with E-state index >= 15 is 0 Å². The van der Waals surface area contributed by atoms with Crippen molar-refractivity contribution in [1.82, 2.24) is 30.2 Å². The fraction of sp³-hybridized carbons (Fsp3) is 0.562. The van der Waals surface area contributed by atoms with Gasteiger partial charge in [-0.15, -0.1) is 11.8 Å². The second-order valence-electron chi connectivity index (χ2n) is 13.8. The number of aromatic nitrogens is 4. The lowest BCUT2D eigenvalue weighted by Crippen LogP contribution is -2.61. The van der Waals surface area contributed by atoms with E-state index in [0.29, 0.717) is 35.7 Å². The zero-order chi connectivity index (χ0) is 34.1. The van der Waals surface area contributed by atoms with Crippen molar-refractivity contribution >= 4 is 64.1 Å². The van der Waals surface area contributed by atoms with E-state index in [4.69, 9.17) is 21.1 Å². The Kier molecular flexibility index (Phi) is 9.84. The van der Waals surface area contributed by atoms with Crippen molar-refractivity contribution in [2.24, 2.45) is 0 Å². The number of ether oxygens (including phenoxy) is 2. The molecule has 3 aromatic rings. The summed E-state index contributed by atoms with van der Waals surface area (Å²) in [7, 11) is 0. The fourth-order valence-electron chi connectivity index (χ4n) is 5.41. The predicted octanol–water partition coefficient (Wildman–Crippen LogP) is 5.74. The van der Waals surface area contributed by atoms with E-state index in [2.05, 4.69) is 42.7 Å². The zero-order valence-corrected chi connectivity index (χ0v) is 29.5. The molecule has 0 bridgehead atoms. The summed E-state index contributed by atoms with van der Waals surface area (Å²) in [6.07, 6.45) is 3.97. The summed E-state index contributed by atoms with van der Waals surface area (Å²) in [6, 6.07) is 3.93. The number of anilines is 2. The molecule has 5 rings (SSSR count). The largest absolute Gasteiger partial charge is 0.444 e. The van der Waals surface area contributed by atoms with Gasteiger partial charge in [0.2, 0.25) is 5.91 Å². The third kappa shape index (κ3) is 8.39. The Morgan fingerprint density at radius 1 is 1.04 bits per heavy atom. The van der Waals surface area contributed by atoms with Crippen LogP contribution < -0.4 is 20.9 Å². The van der Waals surface area contributed by atoms with Gasteiger partial charge in [-0.2, -0.15) is 0 Å². The maximum atomic E-state index is 13.7. The van der Waals surface area contributed by atoms with Crippen LogP contribution in [0.1, 0.15) is 73.3 Å². The third-order valence-corrected chi connectivity index (χ3v) is 8.99. The molecular weight excluding hydrogens is 644 g/mol. The van der Waals surface area contributed by atoms with Crippen LogP contribution in [0.15, 0.2) is 29.7 Å². The van der Waals surface area contributed by atoms with Gasteiger partial charge in [-0.05, 0) is 78.7 Å². The van der Waals surface area contributed by atoms with E-state index in [1.807, 2.05) is 16.7 Å². The van der Waals surface area contributed by atoms with Gasteiger partial charge >= 0.3 is 12.2 Å². The highest BCUT2D eigenvalue weighted by molar-refractivity contribution is 7.99. The smallest absolute Gasteiger partial charge is 0.413 e. The summed E-state index contributed by atoms with van der Waals surface area (Å²) in [4.78, 5) is 55.4. The molecule has 2 aromatic heterocycles. The molecule has 3 N–H and O–H groups in total. The lowest BCUT2D eigenvalue weighted by atomic mass is 9.97. The Hall–Kier alpha value is -3.78. The lowest BCUT2D eigenvalue weighted by molar-refractivity contribution is -0.127. The summed E-state index contributed by atoms with van der Waals surface area (Å²) in [5.41, 5.74) is 0.128. The van der Waals surface area contributed by atoms with Gasteiger partial charge in [0.15, 0.2) is 17.0 Å².